The molecule has 0 aromatic heterocycles. The first-order valence-electron chi connectivity index (χ1n) is 7.98. The van der Waals surface area contributed by atoms with Gasteiger partial charge in [-0.3, -0.25) is 10.1 Å². The standard InChI is InChI=1S/C17H21BrN2O4/c1-11-5-2-3-8-14(11)19-17(23)20-15(21)10-24-16(22)12-6-4-7-13(18)9-12/h4,6-7,9,11,14H,2-3,5,8,10H2,1H3,(H2,19,20,21,23)/t11-,14+/m1/s1. The normalized spacial score (nSPS) is 20.1. The van der Waals surface area contributed by atoms with Crippen LogP contribution in [0.4, 0.5) is 4.79 Å². The van der Waals surface area contributed by atoms with E-state index >= 15 is 0 Å². The molecule has 1 fully saturated rings. The molecule has 2 atom stereocenters. The van der Waals surface area contributed by atoms with Crippen LogP contribution in [0.5, 0.6) is 0 Å². The molecule has 1 aromatic carbocycles. The third-order valence-corrected chi connectivity index (χ3v) is 4.57. The van der Waals surface area contributed by atoms with Gasteiger partial charge in [0.1, 0.15) is 0 Å². The number of carbonyl (C=O) groups excluding carboxylic acids is 3. The van der Waals surface area contributed by atoms with Crippen LogP contribution >= 0.6 is 15.9 Å². The van der Waals surface area contributed by atoms with Crippen molar-refractivity contribution in [2.75, 3.05) is 6.61 Å². The Morgan fingerprint density at radius 3 is 2.71 bits per heavy atom. The number of rotatable bonds is 4. The summed E-state index contributed by atoms with van der Waals surface area (Å²) < 4.78 is 5.64. The number of amides is 3. The smallest absolute Gasteiger partial charge is 0.338 e. The predicted octanol–water partition coefficient (Wildman–Crippen LogP) is 3.01. The van der Waals surface area contributed by atoms with Crippen molar-refractivity contribution in [2.24, 2.45) is 5.92 Å². The van der Waals surface area contributed by atoms with Crippen molar-refractivity contribution >= 4 is 33.8 Å². The lowest BCUT2D eigenvalue weighted by atomic mass is 9.86. The molecule has 2 rings (SSSR count). The van der Waals surface area contributed by atoms with E-state index in [-0.39, 0.29) is 6.04 Å². The first kappa shape index (κ1) is 18.4. The molecule has 6 nitrogen and oxygen atoms in total. The molecule has 0 saturated heterocycles. The highest BCUT2D eigenvalue weighted by molar-refractivity contribution is 9.10. The Kier molecular flexibility index (Phi) is 6.78. The van der Waals surface area contributed by atoms with Crippen LogP contribution in [-0.2, 0) is 9.53 Å². The van der Waals surface area contributed by atoms with Gasteiger partial charge in [0.2, 0.25) is 0 Å². The van der Waals surface area contributed by atoms with E-state index < -0.39 is 24.5 Å². The minimum absolute atomic E-state index is 0.0794. The fourth-order valence-electron chi connectivity index (χ4n) is 2.73. The Morgan fingerprint density at radius 2 is 2.00 bits per heavy atom. The van der Waals surface area contributed by atoms with Gasteiger partial charge in [-0.05, 0) is 37.0 Å². The van der Waals surface area contributed by atoms with Crippen molar-refractivity contribution in [1.82, 2.24) is 10.6 Å². The number of esters is 1. The minimum Gasteiger partial charge on any atom is -0.452 e. The SMILES string of the molecule is C[C@@H]1CCCC[C@@H]1NC(=O)NC(=O)COC(=O)c1cccc(Br)c1. The zero-order valence-electron chi connectivity index (χ0n) is 13.5. The van der Waals surface area contributed by atoms with Crippen molar-refractivity contribution in [3.8, 4) is 0 Å². The Morgan fingerprint density at radius 1 is 1.25 bits per heavy atom. The van der Waals surface area contributed by atoms with Crippen LogP contribution in [0.3, 0.4) is 0 Å². The number of nitrogens with one attached hydrogen (secondary N) is 2. The first-order valence-corrected chi connectivity index (χ1v) is 8.78. The number of hydrogen-bond donors (Lipinski definition) is 2. The number of ether oxygens (including phenoxy) is 1. The van der Waals surface area contributed by atoms with E-state index in [4.69, 9.17) is 4.74 Å². The second kappa shape index (κ2) is 8.82. The van der Waals surface area contributed by atoms with Gasteiger partial charge in [0.05, 0.1) is 5.56 Å². The molecule has 1 saturated carbocycles. The maximum atomic E-state index is 11.8. The Labute approximate surface area is 149 Å². The number of urea groups is 1. The van der Waals surface area contributed by atoms with Gasteiger partial charge in [0.15, 0.2) is 6.61 Å². The van der Waals surface area contributed by atoms with E-state index in [2.05, 4.69) is 33.5 Å². The topological polar surface area (TPSA) is 84.5 Å². The monoisotopic (exact) mass is 396 g/mol. The van der Waals surface area contributed by atoms with Gasteiger partial charge in [-0.25, -0.2) is 9.59 Å². The molecule has 130 valence electrons. The average Bonchev–Trinajstić information content (AvgIpc) is 2.54. The summed E-state index contributed by atoms with van der Waals surface area (Å²) in [7, 11) is 0. The van der Waals surface area contributed by atoms with E-state index in [1.165, 1.54) is 6.42 Å². The highest BCUT2D eigenvalue weighted by Crippen LogP contribution is 2.23. The molecule has 24 heavy (non-hydrogen) atoms. The molecule has 1 aliphatic carbocycles. The van der Waals surface area contributed by atoms with Crippen LogP contribution < -0.4 is 10.6 Å². The van der Waals surface area contributed by atoms with E-state index in [0.717, 1.165) is 23.7 Å². The van der Waals surface area contributed by atoms with E-state index in [9.17, 15) is 14.4 Å². The Balaban J connectivity index is 1.74. The fraction of sp³-hybridized carbons (Fsp3) is 0.471. The van der Waals surface area contributed by atoms with Crippen LogP contribution in [0, 0.1) is 5.92 Å². The van der Waals surface area contributed by atoms with Crippen molar-refractivity contribution < 1.29 is 19.1 Å². The van der Waals surface area contributed by atoms with Crippen LogP contribution in [0.2, 0.25) is 0 Å². The zero-order chi connectivity index (χ0) is 17.5. The van der Waals surface area contributed by atoms with Crippen LogP contribution in [-0.4, -0.2) is 30.6 Å². The van der Waals surface area contributed by atoms with Crippen molar-refractivity contribution in [1.29, 1.82) is 0 Å². The third-order valence-electron chi connectivity index (χ3n) is 4.08. The summed E-state index contributed by atoms with van der Waals surface area (Å²) >= 11 is 3.26. The number of halogens is 1. The summed E-state index contributed by atoms with van der Waals surface area (Å²) in [4.78, 5) is 35.4. The maximum absolute atomic E-state index is 11.8. The van der Waals surface area contributed by atoms with Gasteiger partial charge >= 0.3 is 12.0 Å². The Hall–Kier alpha value is -1.89. The molecule has 0 bridgehead atoms. The lowest BCUT2D eigenvalue weighted by Gasteiger charge is -2.29. The highest BCUT2D eigenvalue weighted by atomic mass is 79.9. The van der Waals surface area contributed by atoms with E-state index in [1.54, 1.807) is 24.3 Å². The second-order valence-corrected chi connectivity index (χ2v) is 6.89. The molecule has 0 aliphatic heterocycles. The molecule has 1 aromatic rings. The quantitative estimate of drug-likeness (QED) is 0.765. The van der Waals surface area contributed by atoms with Crippen molar-refractivity contribution in [3.63, 3.8) is 0 Å². The summed E-state index contributed by atoms with van der Waals surface area (Å²) in [6.07, 6.45) is 4.24. The van der Waals surface area contributed by atoms with Crippen molar-refractivity contribution in [3.05, 3.63) is 34.3 Å². The first-order chi connectivity index (χ1) is 11.5. The second-order valence-electron chi connectivity index (χ2n) is 5.98. The van der Waals surface area contributed by atoms with E-state index in [0.29, 0.717) is 11.5 Å². The number of hydrogen-bond acceptors (Lipinski definition) is 4. The van der Waals surface area contributed by atoms with Gasteiger partial charge in [-0.15, -0.1) is 0 Å². The molecule has 0 unspecified atom stereocenters. The van der Waals surface area contributed by atoms with Gasteiger partial charge in [0, 0.05) is 10.5 Å². The number of carbonyl (C=O) groups is 3. The van der Waals surface area contributed by atoms with E-state index in [1.807, 2.05) is 0 Å². The summed E-state index contributed by atoms with van der Waals surface area (Å²) in [5.74, 6) is -0.874. The molecule has 0 heterocycles. The zero-order valence-corrected chi connectivity index (χ0v) is 15.1. The average molecular weight is 397 g/mol. The summed E-state index contributed by atoms with van der Waals surface area (Å²) in [6, 6.07) is 6.19. The highest BCUT2D eigenvalue weighted by Gasteiger charge is 2.23. The van der Waals surface area contributed by atoms with Gasteiger partial charge in [-0.1, -0.05) is 41.8 Å². The molecule has 0 spiro atoms. The largest absolute Gasteiger partial charge is 0.452 e. The van der Waals surface area contributed by atoms with Gasteiger partial charge < -0.3 is 10.1 Å². The van der Waals surface area contributed by atoms with Crippen molar-refractivity contribution in [2.45, 2.75) is 38.6 Å². The summed E-state index contributed by atoms with van der Waals surface area (Å²) in [5.41, 5.74) is 0.331. The van der Waals surface area contributed by atoms with Crippen LogP contribution in [0.1, 0.15) is 43.0 Å². The molecule has 0 radical (unpaired) electrons. The molecule has 2 N–H and O–H groups in total. The summed E-state index contributed by atoms with van der Waals surface area (Å²) in [6.45, 7) is 1.59. The third kappa shape index (κ3) is 5.63. The molecule has 3 amide bonds. The minimum atomic E-state index is -0.653. The number of imide groups is 1. The number of benzene rings is 1. The maximum Gasteiger partial charge on any atom is 0.338 e. The molecule has 1 aliphatic rings. The Bertz CT molecular complexity index is 620. The van der Waals surface area contributed by atoms with Crippen LogP contribution in [0.15, 0.2) is 28.7 Å². The van der Waals surface area contributed by atoms with Crippen LogP contribution in [0.25, 0.3) is 0 Å². The lowest BCUT2D eigenvalue weighted by Crippen LogP contribution is -2.48. The predicted molar refractivity (Wildman–Crippen MR) is 92.5 cm³/mol. The van der Waals surface area contributed by atoms with Gasteiger partial charge in [-0.2, -0.15) is 0 Å². The fourth-order valence-corrected chi connectivity index (χ4v) is 3.13. The molecular weight excluding hydrogens is 376 g/mol. The van der Waals surface area contributed by atoms with Gasteiger partial charge in [0.25, 0.3) is 5.91 Å². The molecule has 7 heteroatoms. The lowest BCUT2D eigenvalue weighted by molar-refractivity contribution is -0.123. The summed E-state index contributed by atoms with van der Waals surface area (Å²) in [5, 5.41) is 5.00. The molecular formula is C17H21BrN2O4.